The first-order valence-corrected chi connectivity index (χ1v) is 32.6. The molecule has 0 saturated heterocycles. The van der Waals surface area contributed by atoms with Crippen LogP contribution in [0.5, 0.6) is 0 Å². The monoisotopic (exact) mass is 1090 g/mol. The lowest BCUT2D eigenvalue weighted by molar-refractivity contribution is -0.870. The molecule has 0 saturated carbocycles. The van der Waals surface area contributed by atoms with Gasteiger partial charge in [-0.05, 0) is 103 Å². The maximum Gasteiger partial charge on any atom is 0.306 e. The number of likely N-dealkylation sites (N-methyl/N-ethyl adjacent to an activating group) is 1. The van der Waals surface area contributed by atoms with E-state index >= 15 is 0 Å². The normalized spacial score (nSPS) is 14.0. The Labute approximate surface area is 474 Å². The number of quaternary nitrogens is 1. The van der Waals surface area contributed by atoms with Crippen molar-refractivity contribution in [2.24, 2.45) is 0 Å². The zero-order valence-corrected chi connectivity index (χ0v) is 51.0. The first-order valence-electron chi connectivity index (χ1n) is 31.1. The minimum atomic E-state index is -4.64. The molecule has 0 aromatic rings. The van der Waals surface area contributed by atoms with E-state index < -0.39 is 32.5 Å². The Morgan fingerprint density at radius 3 is 1.12 bits per heavy atom. The third-order valence-corrected chi connectivity index (χ3v) is 14.0. The van der Waals surface area contributed by atoms with Crippen LogP contribution in [0.1, 0.15) is 251 Å². The van der Waals surface area contributed by atoms with Crippen molar-refractivity contribution in [2.75, 3.05) is 47.5 Å². The zero-order chi connectivity index (χ0) is 56.3. The number of esters is 2. The molecule has 77 heavy (non-hydrogen) atoms. The predicted molar refractivity (Wildman–Crippen MR) is 328 cm³/mol. The first-order chi connectivity index (χ1) is 37.5. The van der Waals surface area contributed by atoms with E-state index in [4.69, 9.17) is 18.5 Å². The van der Waals surface area contributed by atoms with Crippen LogP contribution in [0.2, 0.25) is 0 Å². The highest BCUT2D eigenvalue weighted by molar-refractivity contribution is 7.45. The molecule has 0 aliphatic rings. The summed E-state index contributed by atoms with van der Waals surface area (Å²) in [6.07, 6.45) is 80.1. The number of carbonyl (C=O) groups excluding carboxylic acids is 2. The molecular weight excluding hydrogens is 978 g/mol. The smallest absolute Gasteiger partial charge is 0.306 e. The van der Waals surface area contributed by atoms with Crippen molar-refractivity contribution in [3.05, 3.63) is 109 Å². The fourth-order valence-corrected chi connectivity index (χ4v) is 8.98. The second-order valence-electron chi connectivity index (χ2n) is 21.7. The predicted octanol–water partition coefficient (Wildman–Crippen LogP) is 19.1. The number of hydrogen-bond donors (Lipinski definition) is 0. The standard InChI is InChI=1S/C67H116NO8P/c1-6-8-10-12-14-16-18-20-22-23-24-25-26-27-28-29-30-31-32-33-34-35-36-37-38-39-40-41-42-43-44-45-46-48-50-52-54-56-58-60-67(70)76-65(64-75-77(71,72)74-62-61-68(3,4)5)63-73-66(69)59-57-55-53-51-49-47-21-19-17-15-13-11-9-7-2/h8,10,14,16,19-22,24-25,27-28,30-31,33-34,36-37,65H,6-7,9,11-13,15,17-18,23,26,29,32,35,38-64H2,1-5H3/b10-8-,16-14-,21-19-,22-20-,25-24-,28-27-,31-30-,34-33-,37-36-. The summed E-state index contributed by atoms with van der Waals surface area (Å²) in [7, 11) is 1.16. The fourth-order valence-electron chi connectivity index (χ4n) is 8.25. The number of phosphoric ester groups is 1. The van der Waals surface area contributed by atoms with Gasteiger partial charge in [-0.2, -0.15) is 0 Å². The van der Waals surface area contributed by atoms with Crippen molar-refractivity contribution in [1.29, 1.82) is 0 Å². The van der Waals surface area contributed by atoms with E-state index in [1.54, 1.807) is 0 Å². The molecule has 9 nitrogen and oxygen atoms in total. The van der Waals surface area contributed by atoms with E-state index in [9.17, 15) is 19.0 Å². The van der Waals surface area contributed by atoms with Crippen LogP contribution in [0.25, 0.3) is 0 Å². The van der Waals surface area contributed by atoms with Crippen LogP contribution >= 0.6 is 7.82 Å². The Morgan fingerprint density at radius 2 is 0.740 bits per heavy atom. The molecule has 0 aliphatic heterocycles. The van der Waals surface area contributed by atoms with Crippen LogP contribution in [0.3, 0.4) is 0 Å². The maximum atomic E-state index is 12.8. The number of nitrogens with zero attached hydrogens (tertiary/aromatic N) is 1. The molecule has 0 N–H and O–H groups in total. The average Bonchev–Trinajstić information content (AvgIpc) is 3.39. The molecule has 0 fully saturated rings. The Kier molecular flexibility index (Phi) is 54.9. The van der Waals surface area contributed by atoms with Gasteiger partial charge in [-0.15, -0.1) is 0 Å². The summed E-state index contributed by atoms with van der Waals surface area (Å²) in [5.74, 6) is -0.844. The largest absolute Gasteiger partial charge is 0.756 e. The lowest BCUT2D eigenvalue weighted by Gasteiger charge is -2.28. The summed E-state index contributed by atoms with van der Waals surface area (Å²) in [4.78, 5) is 37.8. The molecule has 0 bridgehead atoms. The van der Waals surface area contributed by atoms with E-state index in [0.29, 0.717) is 17.4 Å². The number of phosphoric acid groups is 1. The number of hydrogen-bond acceptors (Lipinski definition) is 8. The maximum absolute atomic E-state index is 12.8. The van der Waals surface area contributed by atoms with E-state index in [0.717, 1.165) is 109 Å². The number of carbonyl (C=O) groups is 2. The summed E-state index contributed by atoms with van der Waals surface area (Å²) >= 11 is 0. The molecule has 0 radical (unpaired) electrons. The van der Waals surface area contributed by atoms with Crippen molar-refractivity contribution < 1.29 is 42.1 Å². The van der Waals surface area contributed by atoms with Gasteiger partial charge in [-0.3, -0.25) is 14.2 Å². The van der Waals surface area contributed by atoms with Crippen molar-refractivity contribution in [3.8, 4) is 0 Å². The lowest BCUT2D eigenvalue weighted by Crippen LogP contribution is -2.37. The van der Waals surface area contributed by atoms with Crippen LogP contribution < -0.4 is 4.89 Å². The van der Waals surface area contributed by atoms with Gasteiger partial charge in [-0.1, -0.05) is 245 Å². The molecular formula is C67H116NO8P. The summed E-state index contributed by atoms with van der Waals surface area (Å²) in [6.45, 7) is 4.10. The van der Waals surface area contributed by atoms with Gasteiger partial charge in [0.25, 0.3) is 7.82 Å². The fraction of sp³-hybridized carbons (Fsp3) is 0.701. The minimum Gasteiger partial charge on any atom is -0.756 e. The highest BCUT2D eigenvalue weighted by Crippen LogP contribution is 2.38. The van der Waals surface area contributed by atoms with Gasteiger partial charge >= 0.3 is 11.9 Å². The third kappa shape index (κ3) is 61.7. The van der Waals surface area contributed by atoms with Gasteiger partial charge in [0.15, 0.2) is 6.10 Å². The number of allylic oxidation sites excluding steroid dienone is 18. The van der Waals surface area contributed by atoms with Crippen LogP contribution in [0.15, 0.2) is 109 Å². The van der Waals surface area contributed by atoms with Gasteiger partial charge in [-0.25, -0.2) is 0 Å². The summed E-state index contributed by atoms with van der Waals surface area (Å²) in [5.41, 5.74) is 0. The van der Waals surface area contributed by atoms with Gasteiger partial charge in [0, 0.05) is 12.8 Å². The van der Waals surface area contributed by atoms with Crippen LogP contribution in [0, 0.1) is 0 Å². The summed E-state index contributed by atoms with van der Waals surface area (Å²) in [5, 5.41) is 0. The number of rotatable bonds is 56. The molecule has 0 aromatic carbocycles. The Balaban J connectivity index is 4.03. The van der Waals surface area contributed by atoms with E-state index in [1.807, 2.05) is 21.1 Å². The minimum absolute atomic E-state index is 0.0353. The molecule has 0 amide bonds. The molecule has 0 aromatic heterocycles. The van der Waals surface area contributed by atoms with Gasteiger partial charge in [0.2, 0.25) is 0 Å². The van der Waals surface area contributed by atoms with Crippen molar-refractivity contribution in [1.82, 2.24) is 0 Å². The Hall–Kier alpha value is -3.33. The molecule has 0 rings (SSSR count). The SMILES string of the molecule is CC/C=C\C/C=C\C/C=C\C/C=C\C/C=C\C/C=C\C/C=C\C/C=C\CCCCCCCCCCCCCCCCC(=O)OC(COC(=O)CCCCCCC/C=C\CCCCCCC)COP(=O)([O-])OCC[N+](C)(C)C. The van der Waals surface area contributed by atoms with E-state index in [2.05, 4.69) is 123 Å². The molecule has 0 heterocycles. The number of ether oxygens (including phenoxy) is 2. The molecule has 2 unspecified atom stereocenters. The van der Waals surface area contributed by atoms with Crippen LogP contribution in [-0.4, -0.2) is 70.0 Å². The van der Waals surface area contributed by atoms with Crippen LogP contribution in [0.4, 0.5) is 0 Å². The highest BCUT2D eigenvalue weighted by atomic mass is 31.2. The molecule has 0 spiro atoms. The highest BCUT2D eigenvalue weighted by Gasteiger charge is 2.22. The molecule has 2 atom stereocenters. The first kappa shape index (κ1) is 73.7. The van der Waals surface area contributed by atoms with E-state index in [1.165, 1.54) is 109 Å². The topological polar surface area (TPSA) is 111 Å². The number of unbranched alkanes of at least 4 members (excludes halogenated alkanes) is 24. The van der Waals surface area contributed by atoms with Crippen LogP contribution in [-0.2, 0) is 32.7 Å². The van der Waals surface area contributed by atoms with Crippen molar-refractivity contribution in [2.45, 2.75) is 258 Å². The second-order valence-corrected chi connectivity index (χ2v) is 23.1. The van der Waals surface area contributed by atoms with Crippen molar-refractivity contribution in [3.63, 3.8) is 0 Å². The second kappa shape index (κ2) is 57.4. The van der Waals surface area contributed by atoms with Gasteiger partial charge in [0.1, 0.15) is 19.8 Å². The zero-order valence-electron chi connectivity index (χ0n) is 50.1. The molecule has 10 heteroatoms. The van der Waals surface area contributed by atoms with Crippen molar-refractivity contribution >= 4 is 19.8 Å². The Bertz CT molecular complexity index is 1670. The lowest BCUT2D eigenvalue weighted by atomic mass is 10.0. The summed E-state index contributed by atoms with van der Waals surface area (Å²) in [6, 6.07) is 0. The van der Waals surface area contributed by atoms with Gasteiger partial charge < -0.3 is 27.9 Å². The Morgan fingerprint density at radius 1 is 0.416 bits per heavy atom. The quantitative estimate of drug-likeness (QED) is 0.0195. The van der Waals surface area contributed by atoms with Gasteiger partial charge in [0.05, 0.1) is 27.7 Å². The average molecular weight is 1090 g/mol. The summed E-state index contributed by atoms with van der Waals surface area (Å²) < 4.78 is 34.1. The molecule has 0 aliphatic carbocycles. The van der Waals surface area contributed by atoms with E-state index in [-0.39, 0.29) is 26.1 Å². The third-order valence-electron chi connectivity index (χ3n) is 13.0. The molecule has 442 valence electrons.